The molecule has 1 heterocycles. The van der Waals surface area contributed by atoms with E-state index in [2.05, 4.69) is 17.3 Å². The van der Waals surface area contributed by atoms with E-state index in [1.807, 2.05) is 30.5 Å². The van der Waals surface area contributed by atoms with Gasteiger partial charge in [0.2, 0.25) is 5.91 Å². The van der Waals surface area contributed by atoms with Crippen molar-refractivity contribution in [3.05, 3.63) is 11.3 Å². The standard InChI is InChI=1S/C12H23N5O/c1-5-14-7-10-9(3)15-16(4)12(10)17(6-2)8-11(13)18/h14H,5-8H2,1-4H3,(H2,13,18). The largest absolute Gasteiger partial charge is 0.368 e. The van der Waals surface area contributed by atoms with Gasteiger partial charge in [-0.1, -0.05) is 6.92 Å². The van der Waals surface area contributed by atoms with Crippen LogP contribution >= 0.6 is 0 Å². The number of primary amides is 1. The van der Waals surface area contributed by atoms with E-state index in [-0.39, 0.29) is 12.5 Å². The molecule has 102 valence electrons. The van der Waals surface area contributed by atoms with E-state index < -0.39 is 0 Å². The average Bonchev–Trinajstić information content (AvgIpc) is 2.58. The highest BCUT2D eigenvalue weighted by atomic mass is 16.1. The molecule has 6 heteroatoms. The first-order chi connectivity index (χ1) is 8.51. The number of anilines is 1. The summed E-state index contributed by atoms with van der Waals surface area (Å²) in [5.41, 5.74) is 7.40. The molecule has 6 nitrogen and oxygen atoms in total. The Bertz CT molecular complexity index is 413. The molecule has 18 heavy (non-hydrogen) atoms. The summed E-state index contributed by atoms with van der Waals surface area (Å²) in [6.07, 6.45) is 0. The highest BCUT2D eigenvalue weighted by molar-refractivity contribution is 5.79. The van der Waals surface area contributed by atoms with E-state index in [9.17, 15) is 4.79 Å². The van der Waals surface area contributed by atoms with Crippen LogP contribution < -0.4 is 16.0 Å². The molecule has 1 aromatic rings. The van der Waals surface area contributed by atoms with Crippen molar-refractivity contribution in [2.75, 3.05) is 24.5 Å². The lowest BCUT2D eigenvalue weighted by atomic mass is 10.2. The SMILES string of the molecule is CCNCc1c(C)nn(C)c1N(CC)CC(N)=O. The Morgan fingerprint density at radius 2 is 2.17 bits per heavy atom. The summed E-state index contributed by atoms with van der Waals surface area (Å²) in [6, 6.07) is 0. The molecule has 1 aromatic heterocycles. The van der Waals surface area contributed by atoms with Crippen LogP contribution in [0.4, 0.5) is 5.82 Å². The van der Waals surface area contributed by atoms with E-state index in [0.29, 0.717) is 0 Å². The lowest BCUT2D eigenvalue weighted by molar-refractivity contribution is -0.116. The average molecular weight is 253 g/mol. The molecule has 0 spiro atoms. The van der Waals surface area contributed by atoms with Crippen molar-refractivity contribution in [2.24, 2.45) is 12.8 Å². The summed E-state index contributed by atoms with van der Waals surface area (Å²) in [5.74, 6) is 0.639. The van der Waals surface area contributed by atoms with E-state index in [1.54, 1.807) is 0 Å². The second-order valence-electron chi connectivity index (χ2n) is 4.27. The number of carbonyl (C=O) groups excluding carboxylic acids is 1. The number of hydrogen-bond donors (Lipinski definition) is 2. The van der Waals surface area contributed by atoms with Crippen molar-refractivity contribution in [1.82, 2.24) is 15.1 Å². The molecule has 0 saturated carbocycles. The van der Waals surface area contributed by atoms with Crippen molar-refractivity contribution >= 4 is 11.7 Å². The van der Waals surface area contributed by atoms with Crippen LogP contribution in [0.3, 0.4) is 0 Å². The molecule has 0 atom stereocenters. The van der Waals surface area contributed by atoms with Gasteiger partial charge in [0.25, 0.3) is 0 Å². The number of aryl methyl sites for hydroxylation is 2. The minimum absolute atomic E-state index is 0.217. The van der Waals surface area contributed by atoms with Crippen molar-refractivity contribution in [3.8, 4) is 0 Å². The van der Waals surface area contributed by atoms with Crippen LogP contribution in [-0.2, 0) is 18.4 Å². The van der Waals surface area contributed by atoms with Crippen LogP contribution in [0.15, 0.2) is 0 Å². The maximum atomic E-state index is 11.1. The Kier molecular flexibility index (Phi) is 5.15. The third-order valence-corrected chi connectivity index (χ3v) is 2.89. The fraction of sp³-hybridized carbons (Fsp3) is 0.667. The van der Waals surface area contributed by atoms with Crippen LogP contribution in [-0.4, -0.2) is 35.3 Å². The minimum atomic E-state index is -0.329. The zero-order valence-electron chi connectivity index (χ0n) is 11.7. The first kappa shape index (κ1) is 14.5. The van der Waals surface area contributed by atoms with E-state index in [4.69, 9.17) is 5.73 Å². The number of likely N-dealkylation sites (N-methyl/N-ethyl adjacent to an activating group) is 1. The van der Waals surface area contributed by atoms with Gasteiger partial charge in [0.1, 0.15) is 5.82 Å². The second-order valence-corrected chi connectivity index (χ2v) is 4.27. The number of amides is 1. The van der Waals surface area contributed by atoms with Crippen molar-refractivity contribution in [1.29, 1.82) is 0 Å². The van der Waals surface area contributed by atoms with Crippen molar-refractivity contribution in [3.63, 3.8) is 0 Å². The summed E-state index contributed by atoms with van der Waals surface area (Å²) in [5, 5.41) is 7.72. The van der Waals surface area contributed by atoms with Gasteiger partial charge in [-0.15, -0.1) is 0 Å². The van der Waals surface area contributed by atoms with Crippen molar-refractivity contribution in [2.45, 2.75) is 27.3 Å². The van der Waals surface area contributed by atoms with Crippen LogP contribution in [0.5, 0.6) is 0 Å². The van der Waals surface area contributed by atoms with Gasteiger partial charge in [0.15, 0.2) is 0 Å². The first-order valence-corrected chi connectivity index (χ1v) is 6.27. The molecule has 0 aliphatic carbocycles. The van der Waals surface area contributed by atoms with Gasteiger partial charge in [-0.3, -0.25) is 9.48 Å². The lowest BCUT2D eigenvalue weighted by Gasteiger charge is -2.23. The topological polar surface area (TPSA) is 76.2 Å². The predicted molar refractivity (Wildman–Crippen MR) is 72.4 cm³/mol. The van der Waals surface area contributed by atoms with E-state index in [0.717, 1.165) is 36.7 Å². The van der Waals surface area contributed by atoms with Gasteiger partial charge in [-0.25, -0.2) is 0 Å². The molecular formula is C12H23N5O. The normalized spacial score (nSPS) is 10.7. The fourth-order valence-electron chi connectivity index (χ4n) is 2.07. The van der Waals surface area contributed by atoms with Gasteiger partial charge in [0.05, 0.1) is 12.2 Å². The maximum absolute atomic E-state index is 11.1. The molecule has 0 aliphatic heterocycles. The van der Waals surface area contributed by atoms with Gasteiger partial charge in [-0.2, -0.15) is 5.10 Å². The molecule has 3 N–H and O–H groups in total. The van der Waals surface area contributed by atoms with Crippen LogP contribution in [0.2, 0.25) is 0 Å². The Morgan fingerprint density at radius 3 is 2.67 bits per heavy atom. The molecule has 0 fully saturated rings. The van der Waals surface area contributed by atoms with Gasteiger partial charge >= 0.3 is 0 Å². The number of nitrogens with two attached hydrogens (primary N) is 1. The van der Waals surface area contributed by atoms with E-state index in [1.165, 1.54) is 0 Å². The van der Waals surface area contributed by atoms with Crippen LogP contribution in [0.25, 0.3) is 0 Å². The maximum Gasteiger partial charge on any atom is 0.236 e. The molecule has 0 bridgehead atoms. The van der Waals surface area contributed by atoms with Gasteiger partial charge in [-0.05, 0) is 20.4 Å². The molecular weight excluding hydrogens is 230 g/mol. The molecule has 0 radical (unpaired) electrons. The van der Waals surface area contributed by atoms with Crippen LogP contribution in [0, 0.1) is 6.92 Å². The Morgan fingerprint density at radius 1 is 1.50 bits per heavy atom. The van der Waals surface area contributed by atoms with E-state index >= 15 is 0 Å². The number of hydrogen-bond acceptors (Lipinski definition) is 4. The van der Waals surface area contributed by atoms with Gasteiger partial charge < -0.3 is 16.0 Å². The molecule has 0 aliphatic rings. The Hall–Kier alpha value is -1.56. The highest BCUT2D eigenvalue weighted by Crippen LogP contribution is 2.22. The highest BCUT2D eigenvalue weighted by Gasteiger charge is 2.19. The smallest absolute Gasteiger partial charge is 0.236 e. The summed E-state index contributed by atoms with van der Waals surface area (Å²) in [6.45, 7) is 8.63. The Balaban J connectivity index is 3.07. The second kappa shape index (κ2) is 6.39. The number of nitrogens with one attached hydrogen (secondary N) is 1. The summed E-state index contributed by atoms with van der Waals surface area (Å²) in [7, 11) is 1.89. The first-order valence-electron chi connectivity index (χ1n) is 6.27. The Labute approximate surface area is 108 Å². The van der Waals surface area contributed by atoms with Crippen molar-refractivity contribution < 1.29 is 4.79 Å². The number of aromatic nitrogens is 2. The number of nitrogens with zero attached hydrogens (tertiary/aromatic N) is 3. The zero-order chi connectivity index (χ0) is 13.7. The molecule has 1 amide bonds. The zero-order valence-corrected chi connectivity index (χ0v) is 11.7. The third-order valence-electron chi connectivity index (χ3n) is 2.89. The fourth-order valence-corrected chi connectivity index (χ4v) is 2.07. The molecule has 0 unspecified atom stereocenters. The summed E-state index contributed by atoms with van der Waals surface area (Å²) >= 11 is 0. The predicted octanol–water partition coefficient (Wildman–Crippen LogP) is 0.150. The molecule has 0 saturated heterocycles. The quantitative estimate of drug-likeness (QED) is 0.725. The number of carbonyl (C=O) groups is 1. The molecule has 1 rings (SSSR count). The van der Waals surface area contributed by atoms with Gasteiger partial charge in [0, 0.05) is 25.7 Å². The number of rotatable bonds is 7. The lowest BCUT2D eigenvalue weighted by Crippen LogP contribution is -2.35. The summed E-state index contributed by atoms with van der Waals surface area (Å²) < 4.78 is 1.81. The summed E-state index contributed by atoms with van der Waals surface area (Å²) in [4.78, 5) is 13.1. The molecule has 0 aromatic carbocycles. The van der Waals surface area contributed by atoms with Crippen LogP contribution in [0.1, 0.15) is 25.1 Å². The minimum Gasteiger partial charge on any atom is -0.368 e. The monoisotopic (exact) mass is 253 g/mol. The third kappa shape index (κ3) is 3.22.